The lowest BCUT2D eigenvalue weighted by Gasteiger charge is -2.32. The van der Waals surface area contributed by atoms with E-state index in [2.05, 4.69) is 10.1 Å². The van der Waals surface area contributed by atoms with Crippen molar-refractivity contribution in [1.82, 2.24) is 20.0 Å². The first-order valence-corrected chi connectivity index (χ1v) is 9.83. The van der Waals surface area contributed by atoms with Crippen LogP contribution >= 0.6 is 0 Å². The third-order valence-electron chi connectivity index (χ3n) is 5.18. The van der Waals surface area contributed by atoms with Crippen molar-refractivity contribution in [2.45, 2.75) is 33.3 Å². The number of aromatic nitrogens is 3. The van der Waals surface area contributed by atoms with Crippen molar-refractivity contribution >= 4 is 5.91 Å². The predicted octanol–water partition coefficient (Wildman–Crippen LogP) is 3.52. The molecule has 4 heterocycles. The van der Waals surface area contributed by atoms with E-state index in [1.165, 1.54) is 0 Å². The summed E-state index contributed by atoms with van der Waals surface area (Å²) < 4.78 is 11.4. The van der Waals surface area contributed by atoms with Gasteiger partial charge in [-0.25, -0.2) is 4.98 Å². The predicted molar refractivity (Wildman–Crippen MR) is 107 cm³/mol. The van der Waals surface area contributed by atoms with E-state index in [4.69, 9.17) is 14.2 Å². The van der Waals surface area contributed by atoms with E-state index in [9.17, 15) is 4.79 Å². The second-order valence-electron chi connectivity index (χ2n) is 7.15. The third-order valence-corrected chi connectivity index (χ3v) is 5.18. The number of hydrogen-bond donors (Lipinski definition) is 0. The molecule has 29 heavy (non-hydrogen) atoms. The number of aryl methyl sites for hydroxylation is 3. The Morgan fingerprint density at radius 3 is 2.90 bits per heavy atom. The summed E-state index contributed by atoms with van der Waals surface area (Å²) in [5.41, 5.74) is 4.71. The van der Waals surface area contributed by atoms with Crippen LogP contribution < -0.4 is 0 Å². The zero-order valence-corrected chi connectivity index (χ0v) is 16.9. The van der Waals surface area contributed by atoms with Crippen molar-refractivity contribution in [3.05, 3.63) is 64.9 Å². The van der Waals surface area contributed by atoms with Gasteiger partial charge in [0, 0.05) is 19.2 Å². The van der Waals surface area contributed by atoms with Crippen LogP contribution in [0.2, 0.25) is 0 Å². The van der Waals surface area contributed by atoms with Gasteiger partial charge >= 0.3 is 0 Å². The van der Waals surface area contributed by atoms with E-state index in [0.717, 1.165) is 40.4 Å². The molecule has 0 spiro atoms. The standard InChI is InChI=1S/C22H24N4O3/c1-4-18-20(15(3)25-29-18)17-9-5-8-16(24-17)19-13-26(11-12-28-19)22(27)21-14(2)7-6-10-23-21/h5-10,19H,4,11-13H2,1-3H3/t19-/m0/s1. The first-order chi connectivity index (χ1) is 14.1. The van der Waals surface area contributed by atoms with Crippen LogP contribution in [0.25, 0.3) is 11.3 Å². The lowest BCUT2D eigenvalue weighted by molar-refractivity contribution is -0.0249. The Hall–Kier alpha value is -3.06. The molecule has 0 unspecified atom stereocenters. The molecule has 3 aromatic heterocycles. The normalized spacial score (nSPS) is 16.8. The van der Waals surface area contributed by atoms with Crippen LogP contribution in [-0.2, 0) is 11.2 Å². The minimum absolute atomic E-state index is 0.0734. The Morgan fingerprint density at radius 2 is 2.10 bits per heavy atom. The molecule has 0 bridgehead atoms. The van der Waals surface area contributed by atoms with Crippen LogP contribution in [0.1, 0.15) is 46.2 Å². The summed E-state index contributed by atoms with van der Waals surface area (Å²) in [6.07, 6.45) is 2.10. The number of pyridine rings is 2. The Kier molecular flexibility index (Phi) is 5.40. The van der Waals surface area contributed by atoms with E-state index < -0.39 is 0 Å². The van der Waals surface area contributed by atoms with E-state index in [0.29, 0.717) is 25.4 Å². The van der Waals surface area contributed by atoms with Gasteiger partial charge in [-0.05, 0) is 37.6 Å². The summed E-state index contributed by atoms with van der Waals surface area (Å²) in [5.74, 6) is 0.745. The fraction of sp³-hybridized carbons (Fsp3) is 0.364. The molecule has 0 radical (unpaired) electrons. The molecule has 1 saturated heterocycles. The van der Waals surface area contributed by atoms with Gasteiger partial charge < -0.3 is 14.2 Å². The molecule has 1 atom stereocenters. The third kappa shape index (κ3) is 3.78. The number of carbonyl (C=O) groups is 1. The molecule has 7 nitrogen and oxygen atoms in total. The van der Waals surface area contributed by atoms with Gasteiger partial charge in [0.25, 0.3) is 5.91 Å². The molecule has 1 amide bonds. The van der Waals surface area contributed by atoms with E-state index in [1.807, 2.05) is 51.1 Å². The van der Waals surface area contributed by atoms with Crippen molar-refractivity contribution in [3.8, 4) is 11.3 Å². The maximum absolute atomic E-state index is 12.9. The summed E-state index contributed by atoms with van der Waals surface area (Å²) in [6.45, 7) is 7.28. The first kappa shape index (κ1) is 19.3. The fourth-order valence-corrected chi connectivity index (χ4v) is 3.63. The topological polar surface area (TPSA) is 81.4 Å². The lowest BCUT2D eigenvalue weighted by Crippen LogP contribution is -2.43. The molecular weight excluding hydrogens is 368 g/mol. The van der Waals surface area contributed by atoms with Crippen LogP contribution in [0.15, 0.2) is 41.1 Å². The minimum Gasteiger partial charge on any atom is -0.368 e. The van der Waals surface area contributed by atoms with Gasteiger partial charge in [-0.15, -0.1) is 0 Å². The van der Waals surface area contributed by atoms with Crippen molar-refractivity contribution in [1.29, 1.82) is 0 Å². The highest BCUT2D eigenvalue weighted by molar-refractivity contribution is 5.93. The van der Waals surface area contributed by atoms with Crippen LogP contribution in [0.3, 0.4) is 0 Å². The second-order valence-corrected chi connectivity index (χ2v) is 7.15. The monoisotopic (exact) mass is 392 g/mol. The fourth-order valence-electron chi connectivity index (χ4n) is 3.63. The van der Waals surface area contributed by atoms with Crippen LogP contribution in [-0.4, -0.2) is 45.6 Å². The van der Waals surface area contributed by atoms with Crippen LogP contribution in [0.4, 0.5) is 0 Å². The average molecular weight is 392 g/mol. The number of hydrogen-bond acceptors (Lipinski definition) is 6. The molecule has 3 aromatic rings. The molecule has 7 heteroatoms. The SMILES string of the molecule is CCc1onc(C)c1-c1cccc([C@@H]2CN(C(=O)c3ncccc3C)CCO2)n1. The van der Waals surface area contributed by atoms with Crippen molar-refractivity contribution in [3.63, 3.8) is 0 Å². The Balaban J connectivity index is 1.58. The minimum atomic E-state index is -0.290. The molecular formula is C22H24N4O3. The first-order valence-electron chi connectivity index (χ1n) is 9.83. The highest BCUT2D eigenvalue weighted by atomic mass is 16.5. The number of ether oxygens (including phenoxy) is 1. The quantitative estimate of drug-likeness (QED) is 0.676. The second kappa shape index (κ2) is 8.13. The van der Waals surface area contributed by atoms with Gasteiger partial charge in [0.05, 0.1) is 35.8 Å². The number of morpholine rings is 1. The van der Waals surface area contributed by atoms with Gasteiger partial charge in [-0.3, -0.25) is 9.78 Å². The maximum Gasteiger partial charge on any atom is 0.272 e. The largest absolute Gasteiger partial charge is 0.368 e. The molecule has 4 rings (SSSR count). The number of nitrogens with zero attached hydrogens (tertiary/aromatic N) is 4. The number of amides is 1. The highest BCUT2D eigenvalue weighted by Gasteiger charge is 2.28. The summed E-state index contributed by atoms with van der Waals surface area (Å²) in [5, 5.41) is 4.08. The van der Waals surface area contributed by atoms with Crippen molar-refractivity contribution in [2.75, 3.05) is 19.7 Å². The van der Waals surface area contributed by atoms with E-state index >= 15 is 0 Å². The Labute approximate surface area is 169 Å². The molecule has 1 fully saturated rings. The van der Waals surface area contributed by atoms with E-state index in [-0.39, 0.29) is 12.0 Å². The number of carbonyl (C=O) groups excluding carboxylic acids is 1. The van der Waals surface area contributed by atoms with E-state index in [1.54, 1.807) is 11.1 Å². The summed E-state index contributed by atoms with van der Waals surface area (Å²) in [6, 6.07) is 9.57. The number of rotatable bonds is 4. The van der Waals surface area contributed by atoms with Gasteiger partial charge in [0.2, 0.25) is 0 Å². The van der Waals surface area contributed by atoms with Gasteiger partial charge in [-0.2, -0.15) is 0 Å². The van der Waals surface area contributed by atoms with Crippen molar-refractivity contribution in [2.24, 2.45) is 0 Å². The van der Waals surface area contributed by atoms with Gasteiger partial charge in [0.1, 0.15) is 17.6 Å². The lowest BCUT2D eigenvalue weighted by atomic mass is 10.1. The van der Waals surface area contributed by atoms with Crippen LogP contribution in [0, 0.1) is 13.8 Å². The average Bonchev–Trinajstić information content (AvgIpc) is 3.14. The molecule has 1 aliphatic rings. The Bertz CT molecular complexity index is 1030. The molecule has 0 aliphatic carbocycles. The zero-order chi connectivity index (χ0) is 20.4. The van der Waals surface area contributed by atoms with Gasteiger partial charge in [-0.1, -0.05) is 24.2 Å². The van der Waals surface area contributed by atoms with Crippen LogP contribution in [0.5, 0.6) is 0 Å². The molecule has 0 aromatic carbocycles. The molecule has 1 aliphatic heterocycles. The van der Waals surface area contributed by atoms with Crippen molar-refractivity contribution < 1.29 is 14.1 Å². The summed E-state index contributed by atoms with van der Waals surface area (Å²) >= 11 is 0. The highest BCUT2D eigenvalue weighted by Crippen LogP contribution is 2.29. The van der Waals surface area contributed by atoms with Gasteiger partial charge in [0.15, 0.2) is 0 Å². The summed E-state index contributed by atoms with van der Waals surface area (Å²) in [7, 11) is 0. The molecule has 150 valence electrons. The Morgan fingerprint density at radius 1 is 1.24 bits per heavy atom. The molecule has 0 N–H and O–H groups in total. The maximum atomic E-state index is 12.9. The smallest absolute Gasteiger partial charge is 0.272 e. The zero-order valence-electron chi connectivity index (χ0n) is 16.9. The molecule has 0 saturated carbocycles. The summed E-state index contributed by atoms with van der Waals surface area (Å²) in [4.78, 5) is 23.8.